The number of hydrogen-bond donors (Lipinski definition) is 0. The lowest BCUT2D eigenvalue weighted by Crippen LogP contribution is -2.43. The van der Waals surface area contributed by atoms with E-state index in [2.05, 4.69) is 65.8 Å². The van der Waals surface area contributed by atoms with E-state index < -0.39 is 31.9 Å². The van der Waals surface area contributed by atoms with Crippen LogP contribution in [0.15, 0.2) is 41.2 Å². The number of anilines is 2. The second-order valence-electron chi connectivity index (χ2n) is 14.3. The number of benzene rings is 2. The molecule has 3 amide bonds. The molecule has 6 rings (SSSR count). The first-order valence-corrected chi connectivity index (χ1v) is 19.8. The molecule has 0 spiro atoms. The molecule has 0 atom stereocenters. The lowest BCUT2D eigenvalue weighted by atomic mass is 9.95. The van der Waals surface area contributed by atoms with Gasteiger partial charge in [0.1, 0.15) is 30.3 Å². The highest BCUT2D eigenvalue weighted by Crippen LogP contribution is 2.38. The number of carbonyl (C=O) groups is 2. The summed E-state index contributed by atoms with van der Waals surface area (Å²) in [6, 6.07) is 6.25. The lowest BCUT2D eigenvalue weighted by Gasteiger charge is -2.36. The number of rotatable bonds is 10. The number of aryl methyl sites for hydroxylation is 1. The van der Waals surface area contributed by atoms with Crippen molar-refractivity contribution < 1.29 is 27.3 Å². The molecule has 11 nitrogen and oxygen atoms in total. The Labute approximate surface area is 285 Å². The number of aromatic nitrogens is 4. The van der Waals surface area contributed by atoms with Gasteiger partial charge in [-0.15, -0.1) is 0 Å². The number of nitrogens with zero attached hydrogens (tertiary/aromatic N) is 7. The van der Waals surface area contributed by atoms with Gasteiger partial charge in [0.2, 0.25) is 5.89 Å². The van der Waals surface area contributed by atoms with Crippen molar-refractivity contribution in [2.75, 3.05) is 42.6 Å². The molecular weight excluding hydrogens is 649 g/mol. The molecule has 0 bridgehead atoms. The van der Waals surface area contributed by atoms with Gasteiger partial charge < -0.3 is 18.7 Å². The number of amides is 3. The fourth-order valence-corrected chi connectivity index (χ4v) is 7.17. The number of urea groups is 1. The summed E-state index contributed by atoms with van der Waals surface area (Å²) in [6.07, 6.45) is 4.67. The largest absolute Gasteiger partial charge is 0.415 e. The summed E-state index contributed by atoms with van der Waals surface area (Å²) >= 11 is 0. The molecule has 2 aromatic heterocycles. The van der Waals surface area contributed by atoms with Gasteiger partial charge in [0, 0.05) is 42.9 Å². The molecule has 260 valence electrons. The number of carbonyl (C=O) groups excluding carboxylic acids is 2. The van der Waals surface area contributed by atoms with Gasteiger partial charge in [0.15, 0.2) is 14.1 Å². The molecular formula is C35H43F2N7O4Si. The maximum atomic E-state index is 15.8. The van der Waals surface area contributed by atoms with Crippen molar-refractivity contribution in [3.05, 3.63) is 60.0 Å². The standard InChI is InChI=1S/C35H43F2N7O4Si/c1-7-8-29-40-32(41-48-29)22-11-13-42(14-12-22)33-26-19-24(36)18-25(31(26)38-21-39-33)23-9-10-28(27(37)17-23)44-30(45)20-43(34(44)46)15-16-47-49(5,6)35(2,3)4/h9-10,17-19,21-22H,7-8,11-16,20H2,1-6H3. The van der Waals surface area contributed by atoms with Crippen LogP contribution in [-0.4, -0.2) is 78.1 Å². The zero-order valence-corrected chi connectivity index (χ0v) is 29.9. The molecule has 0 radical (unpaired) electrons. The van der Waals surface area contributed by atoms with Crippen LogP contribution in [0.25, 0.3) is 22.0 Å². The van der Waals surface area contributed by atoms with Crippen LogP contribution in [-0.2, 0) is 15.6 Å². The van der Waals surface area contributed by atoms with Crippen LogP contribution in [0.2, 0.25) is 18.1 Å². The van der Waals surface area contributed by atoms with Crippen molar-refractivity contribution in [3.8, 4) is 11.1 Å². The molecule has 0 unspecified atom stereocenters. The van der Waals surface area contributed by atoms with Gasteiger partial charge in [0.25, 0.3) is 5.91 Å². The molecule has 0 N–H and O–H groups in total. The maximum Gasteiger partial charge on any atom is 0.332 e. The van der Waals surface area contributed by atoms with Crippen LogP contribution in [0.1, 0.15) is 64.6 Å². The van der Waals surface area contributed by atoms with E-state index in [-0.39, 0.29) is 36.3 Å². The summed E-state index contributed by atoms with van der Waals surface area (Å²) in [7, 11) is -2.04. The van der Waals surface area contributed by atoms with E-state index in [0.717, 1.165) is 36.4 Å². The van der Waals surface area contributed by atoms with Crippen LogP contribution in [0, 0.1) is 11.6 Å². The number of halogens is 2. The molecule has 4 aromatic rings. The zero-order chi connectivity index (χ0) is 35.1. The fraction of sp³-hybridized carbons (Fsp3) is 0.486. The second kappa shape index (κ2) is 13.5. The average Bonchev–Trinajstić information content (AvgIpc) is 3.63. The van der Waals surface area contributed by atoms with Gasteiger partial charge in [-0.05, 0) is 67.2 Å². The number of hydrogen-bond acceptors (Lipinski definition) is 9. The Kier molecular flexibility index (Phi) is 9.55. The van der Waals surface area contributed by atoms with Crippen LogP contribution >= 0.6 is 0 Å². The lowest BCUT2D eigenvalue weighted by molar-refractivity contribution is -0.116. The summed E-state index contributed by atoms with van der Waals surface area (Å²) in [5.74, 6) is 0.288. The Morgan fingerprint density at radius 2 is 1.82 bits per heavy atom. The minimum absolute atomic E-state index is 0.00201. The van der Waals surface area contributed by atoms with E-state index in [0.29, 0.717) is 46.8 Å². The predicted molar refractivity (Wildman–Crippen MR) is 185 cm³/mol. The summed E-state index contributed by atoms with van der Waals surface area (Å²) in [5.41, 5.74) is 1.03. The van der Waals surface area contributed by atoms with Crippen LogP contribution in [0.5, 0.6) is 0 Å². The van der Waals surface area contributed by atoms with E-state index in [1.807, 2.05) is 0 Å². The number of imide groups is 1. The number of fused-ring (bicyclic) bond motifs is 1. The van der Waals surface area contributed by atoms with Crippen molar-refractivity contribution in [3.63, 3.8) is 0 Å². The SMILES string of the molecule is CCCc1nc(C2CCN(c3ncnc4c(-c5ccc(N6C(=O)CN(CCO[Si](C)(C)C(C)(C)C)C6=O)c(F)c5)cc(F)cc34)CC2)no1. The maximum absolute atomic E-state index is 15.8. The molecule has 0 saturated carbocycles. The van der Waals surface area contributed by atoms with Gasteiger partial charge in [-0.25, -0.2) is 28.4 Å². The Morgan fingerprint density at radius 3 is 2.51 bits per heavy atom. The summed E-state index contributed by atoms with van der Waals surface area (Å²) in [6.45, 7) is 14.3. The van der Waals surface area contributed by atoms with Crippen LogP contribution in [0.4, 0.5) is 25.1 Å². The fourth-order valence-electron chi connectivity index (χ4n) is 6.14. The van der Waals surface area contributed by atoms with E-state index in [1.54, 1.807) is 6.07 Å². The molecule has 2 saturated heterocycles. The second-order valence-corrected chi connectivity index (χ2v) is 19.1. The predicted octanol–water partition coefficient (Wildman–Crippen LogP) is 7.08. The van der Waals surface area contributed by atoms with Crippen molar-refractivity contribution in [1.82, 2.24) is 25.0 Å². The molecule has 4 heterocycles. The molecule has 2 fully saturated rings. The van der Waals surface area contributed by atoms with E-state index in [9.17, 15) is 9.59 Å². The van der Waals surface area contributed by atoms with Crippen molar-refractivity contribution >= 4 is 42.7 Å². The van der Waals surface area contributed by atoms with Gasteiger partial charge in [-0.1, -0.05) is 38.9 Å². The molecule has 2 aliphatic heterocycles. The summed E-state index contributed by atoms with van der Waals surface area (Å²) in [4.78, 5) is 44.1. The molecule has 2 aliphatic rings. The highest BCUT2D eigenvalue weighted by molar-refractivity contribution is 6.74. The summed E-state index contributed by atoms with van der Waals surface area (Å²) in [5, 5.41) is 4.69. The minimum atomic E-state index is -2.04. The minimum Gasteiger partial charge on any atom is -0.415 e. The topological polar surface area (TPSA) is 118 Å². The molecule has 2 aromatic carbocycles. The molecule has 0 aliphatic carbocycles. The Hall–Kier alpha value is -4.30. The first kappa shape index (κ1) is 34.6. The normalized spacial score (nSPS) is 16.4. The Balaban J connectivity index is 1.20. The third kappa shape index (κ3) is 6.93. The highest BCUT2D eigenvalue weighted by atomic mass is 28.4. The highest BCUT2D eigenvalue weighted by Gasteiger charge is 2.40. The summed E-state index contributed by atoms with van der Waals surface area (Å²) < 4.78 is 42.5. The zero-order valence-electron chi connectivity index (χ0n) is 28.9. The molecule has 14 heteroatoms. The molecule has 49 heavy (non-hydrogen) atoms. The Morgan fingerprint density at radius 1 is 1.06 bits per heavy atom. The van der Waals surface area contributed by atoms with E-state index >= 15 is 8.78 Å². The van der Waals surface area contributed by atoms with Crippen LogP contribution in [0.3, 0.4) is 0 Å². The van der Waals surface area contributed by atoms with Gasteiger partial charge in [0.05, 0.1) is 17.8 Å². The quantitative estimate of drug-likeness (QED) is 0.127. The monoisotopic (exact) mass is 691 g/mol. The smallest absolute Gasteiger partial charge is 0.332 e. The number of piperidine rings is 1. The van der Waals surface area contributed by atoms with E-state index in [4.69, 9.17) is 8.95 Å². The van der Waals surface area contributed by atoms with Crippen molar-refractivity contribution in [1.29, 1.82) is 0 Å². The van der Waals surface area contributed by atoms with Gasteiger partial charge in [-0.2, -0.15) is 4.98 Å². The van der Waals surface area contributed by atoms with Crippen molar-refractivity contribution in [2.24, 2.45) is 0 Å². The van der Waals surface area contributed by atoms with Crippen molar-refractivity contribution in [2.45, 2.75) is 77.4 Å². The first-order valence-electron chi connectivity index (χ1n) is 16.8. The first-order chi connectivity index (χ1) is 23.3. The third-order valence-corrected chi connectivity index (χ3v) is 14.5. The average molecular weight is 692 g/mol. The Bertz CT molecular complexity index is 1870. The van der Waals surface area contributed by atoms with Crippen LogP contribution < -0.4 is 9.80 Å². The third-order valence-electron chi connectivity index (χ3n) is 9.96. The van der Waals surface area contributed by atoms with Gasteiger partial charge >= 0.3 is 6.03 Å². The van der Waals surface area contributed by atoms with Gasteiger partial charge in [-0.3, -0.25) is 4.79 Å². The van der Waals surface area contributed by atoms with E-state index in [1.165, 1.54) is 35.5 Å².